The van der Waals surface area contributed by atoms with Gasteiger partial charge >= 0.3 is 12.0 Å². The molecule has 2 amide bonds. The van der Waals surface area contributed by atoms with Crippen molar-refractivity contribution in [2.45, 2.75) is 39.2 Å². The predicted octanol–water partition coefficient (Wildman–Crippen LogP) is 0.762. The molecule has 0 bridgehead atoms. The zero-order valence-corrected chi connectivity index (χ0v) is 9.74. The third kappa shape index (κ3) is 3.52. The first kappa shape index (κ1) is 12.5. The fourth-order valence-corrected chi connectivity index (χ4v) is 1.78. The maximum absolute atomic E-state index is 11.5. The largest absolute Gasteiger partial charge is 0.459 e. The van der Waals surface area contributed by atoms with E-state index in [0.717, 1.165) is 0 Å². The lowest BCUT2D eigenvalue weighted by atomic mass is 9.93. The van der Waals surface area contributed by atoms with Gasteiger partial charge < -0.3 is 10.5 Å². The average molecular weight is 227 g/mol. The smallest absolute Gasteiger partial charge is 0.332 e. The molecule has 0 aliphatic carbocycles. The maximum atomic E-state index is 11.5. The van der Waals surface area contributed by atoms with Gasteiger partial charge in [0.2, 0.25) is 0 Å². The van der Waals surface area contributed by atoms with Crippen LogP contribution in [0.1, 0.15) is 33.6 Å². The molecule has 1 atom stereocenters. The first-order valence-electron chi connectivity index (χ1n) is 5.11. The molecule has 1 rings (SSSR count). The molecule has 0 spiro atoms. The highest BCUT2D eigenvalue weighted by atomic mass is 16.6. The van der Waals surface area contributed by atoms with Crippen LogP contribution >= 0.6 is 0 Å². The average Bonchev–Trinajstić information content (AvgIpc) is 2.36. The zero-order valence-electron chi connectivity index (χ0n) is 9.74. The minimum Gasteiger partial charge on any atom is -0.459 e. The van der Waals surface area contributed by atoms with E-state index in [2.05, 4.69) is 10.5 Å². The number of hydrogen-bond donors (Lipinski definition) is 2. The van der Waals surface area contributed by atoms with E-state index in [4.69, 9.17) is 10.5 Å². The summed E-state index contributed by atoms with van der Waals surface area (Å²) in [6.07, 6.45) is 1.14. The SMILES string of the molecule is C/C(C[C@H]1CC(C)(C)OC1=O)=N/NC(N)=O. The van der Waals surface area contributed by atoms with Crippen LogP contribution in [0, 0.1) is 5.92 Å². The number of nitrogens with zero attached hydrogens (tertiary/aromatic N) is 1. The molecule has 0 aromatic rings. The van der Waals surface area contributed by atoms with Crippen molar-refractivity contribution in [3.63, 3.8) is 0 Å². The minimum atomic E-state index is -0.714. The Balaban J connectivity index is 2.52. The van der Waals surface area contributed by atoms with Crippen molar-refractivity contribution in [3.05, 3.63) is 0 Å². The van der Waals surface area contributed by atoms with Crippen molar-refractivity contribution < 1.29 is 14.3 Å². The van der Waals surface area contributed by atoms with Crippen LogP contribution in [0.5, 0.6) is 0 Å². The Morgan fingerprint density at radius 3 is 2.75 bits per heavy atom. The van der Waals surface area contributed by atoms with Gasteiger partial charge in [0.25, 0.3) is 0 Å². The minimum absolute atomic E-state index is 0.187. The second-order valence-electron chi connectivity index (χ2n) is 4.61. The van der Waals surface area contributed by atoms with E-state index < -0.39 is 11.6 Å². The van der Waals surface area contributed by atoms with Gasteiger partial charge in [-0.25, -0.2) is 10.2 Å². The van der Waals surface area contributed by atoms with Gasteiger partial charge in [-0.15, -0.1) is 0 Å². The lowest BCUT2D eigenvalue weighted by Gasteiger charge is -2.14. The molecule has 0 unspecified atom stereocenters. The van der Waals surface area contributed by atoms with Gasteiger partial charge in [-0.3, -0.25) is 4.79 Å². The summed E-state index contributed by atoms with van der Waals surface area (Å²) in [5.74, 6) is -0.396. The fraction of sp³-hybridized carbons (Fsp3) is 0.700. The molecule has 3 N–H and O–H groups in total. The summed E-state index contributed by atoms with van der Waals surface area (Å²) in [5, 5.41) is 3.75. The van der Waals surface area contributed by atoms with Gasteiger partial charge in [-0.05, 0) is 20.8 Å². The van der Waals surface area contributed by atoms with Gasteiger partial charge in [-0.2, -0.15) is 5.10 Å². The number of amides is 2. The molecule has 0 aromatic carbocycles. The molecule has 6 heteroatoms. The summed E-state index contributed by atoms with van der Waals surface area (Å²) < 4.78 is 5.18. The van der Waals surface area contributed by atoms with E-state index in [0.29, 0.717) is 18.6 Å². The summed E-state index contributed by atoms with van der Waals surface area (Å²) in [6.45, 7) is 5.48. The molecule has 16 heavy (non-hydrogen) atoms. The Kier molecular flexibility index (Phi) is 3.51. The van der Waals surface area contributed by atoms with Crippen LogP contribution in [-0.2, 0) is 9.53 Å². The van der Waals surface area contributed by atoms with E-state index >= 15 is 0 Å². The van der Waals surface area contributed by atoms with Gasteiger partial charge in [0.15, 0.2) is 0 Å². The number of esters is 1. The maximum Gasteiger partial charge on any atom is 0.332 e. The molecule has 1 aliphatic heterocycles. The monoisotopic (exact) mass is 227 g/mol. The Bertz CT molecular complexity index is 336. The number of carbonyl (C=O) groups excluding carboxylic acids is 2. The standard InChI is InChI=1S/C10H17N3O3/c1-6(12-13-9(11)15)4-7-5-10(2,3)16-8(7)14/h7H,4-5H2,1-3H3,(H3,11,13,15)/b12-6-/t7-/m0/s1. The topological polar surface area (TPSA) is 93.8 Å². The lowest BCUT2D eigenvalue weighted by molar-refractivity contribution is -0.148. The number of hydrazone groups is 1. The van der Waals surface area contributed by atoms with Crippen molar-refractivity contribution >= 4 is 17.7 Å². The van der Waals surface area contributed by atoms with Crippen LogP contribution in [0.25, 0.3) is 0 Å². The van der Waals surface area contributed by atoms with E-state index in [1.165, 1.54) is 0 Å². The Labute approximate surface area is 94.2 Å². The highest BCUT2D eigenvalue weighted by molar-refractivity contribution is 5.88. The van der Waals surface area contributed by atoms with Crippen LogP contribution in [0.2, 0.25) is 0 Å². The summed E-state index contributed by atoms with van der Waals surface area (Å²) >= 11 is 0. The Morgan fingerprint density at radius 1 is 1.69 bits per heavy atom. The molecule has 1 saturated heterocycles. The van der Waals surface area contributed by atoms with Crippen molar-refractivity contribution in [2.24, 2.45) is 16.8 Å². The second-order valence-corrected chi connectivity index (χ2v) is 4.61. The molecule has 1 fully saturated rings. The molecule has 6 nitrogen and oxygen atoms in total. The zero-order chi connectivity index (χ0) is 12.3. The molecule has 1 aliphatic rings. The molecule has 90 valence electrons. The van der Waals surface area contributed by atoms with Crippen LogP contribution in [-0.4, -0.2) is 23.3 Å². The third-order valence-corrected chi connectivity index (χ3v) is 2.35. The molecular weight excluding hydrogens is 210 g/mol. The highest BCUT2D eigenvalue weighted by Crippen LogP contribution is 2.32. The first-order chi connectivity index (χ1) is 7.30. The molecule has 0 radical (unpaired) electrons. The first-order valence-corrected chi connectivity index (χ1v) is 5.11. The Hall–Kier alpha value is -1.59. The molecule has 0 aromatic heterocycles. The number of ether oxygens (including phenoxy) is 1. The van der Waals surface area contributed by atoms with Crippen molar-refractivity contribution in [1.82, 2.24) is 5.43 Å². The summed E-state index contributed by atoms with van der Waals surface area (Å²) in [7, 11) is 0. The number of urea groups is 1. The predicted molar refractivity (Wildman–Crippen MR) is 58.7 cm³/mol. The third-order valence-electron chi connectivity index (χ3n) is 2.35. The van der Waals surface area contributed by atoms with E-state index in [9.17, 15) is 9.59 Å². The number of nitrogens with two attached hydrogens (primary N) is 1. The van der Waals surface area contributed by atoms with Crippen molar-refractivity contribution in [2.75, 3.05) is 0 Å². The second kappa shape index (κ2) is 4.51. The van der Waals surface area contributed by atoms with E-state index in [1.54, 1.807) is 6.92 Å². The van der Waals surface area contributed by atoms with Crippen LogP contribution in [0.3, 0.4) is 0 Å². The molecular formula is C10H17N3O3. The van der Waals surface area contributed by atoms with Crippen molar-refractivity contribution in [1.29, 1.82) is 0 Å². The van der Waals surface area contributed by atoms with Crippen LogP contribution in [0.4, 0.5) is 4.79 Å². The van der Waals surface area contributed by atoms with E-state index in [-0.39, 0.29) is 11.9 Å². The number of nitrogens with one attached hydrogen (secondary N) is 1. The van der Waals surface area contributed by atoms with Crippen molar-refractivity contribution in [3.8, 4) is 0 Å². The number of carbonyl (C=O) groups is 2. The van der Waals surface area contributed by atoms with Gasteiger partial charge in [-0.1, -0.05) is 0 Å². The van der Waals surface area contributed by atoms with Gasteiger partial charge in [0, 0.05) is 18.6 Å². The number of rotatable bonds is 3. The van der Waals surface area contributed by atoms with Crippen LogP contribution < -0.4 is 11.2 Å². The summed E-state index contributed by atoms with van der Waals surface area (Å²) in [4.78, 5) is 21.9. The Morgan fingerprint density at radius 2 is 2.31 bits per heavy atom. The van der Waals surface area contributed by atoms with E-state index in [1.807, 2.05) is 13.8 Å². The molecule has 1 heterocycles. The normalized spacial score (nSPS) is 24.1. The highest BCUT2D eigenvalue weighted by Gasteiger charge is 2.39. The molecule has 0 saturated carbocycles. The number of cyclic esters (lactones) is 1. The number of primary amides is 1. The quantitative estimate of drug-likeness (QED) is 0.423. The van der Waals surface area contributed by atoms with Crippen LogP contribution in [0.15, 0.2) is 5.10 Å². The van der Waals surface area contributed by atoms with Gasteiger partial charge in [0.05, 0.1) is 5.92 Å². The summed E-state index contributed by atoms with van der Waals surface area (Å²) in [6, 6.07) is -0.714. The van der Waals surface area contributed by atoms with Gasteiger partial charge in [0.1, 0.15) is 5.60 Å². The summed E-state index contributed by atoms with van der Waals surface area (Å²) in [5.41, 5.74) is 7.25. The number of hydrogen-bond acceptors (Lipinski definition) is 4. The fourth-order valence-electron chi connectivity index (χ4n) is 1.78. The lowest BCUT2D eigenvalue weighted by Crippen LogP contribution is -2.26.